The molecule has 12 heavy (non-hydrogen) atoms. The van der Waals surface area contributed by atoms with E-state index in [0.717, 1.165) is 0 Å². The summed E-state index contributed by atoms with van der Waals surface area (Å²) in [5.41, 5.74) is 0. The van der Waals surface area contributed by atoms with E-state index in [1.54, 1.807) is 0 Å². The van der Waals surface area contributed by atoms with Gasteiger partial charge in [0.05, 0.1) is 13.3 Å². The van der Waals surface area contributed by atoms with Crippen LogP contribution in [0.15, 0.2) is 29.7 Å². The topological polar surface area (TPSA) is 50.7 Å². The Bertz CT molecular complexity index is 219. The number of carbonyl (C=O) groups excluding carboxylic acids is 1. The third-order valence-electron chi connectivity index (χ3n) is 0.928. The van der Waals surface area contributed by atoms with Crippen molar-refractivity contribution in [2.45, 2.75) is 6.92 Å². The van der Waals surface area contributed by atoms with Gasteiger partial charge >= 0.3 is 0 Å². The minimum Gasteiger partial charge on any atom is -0.496 e. The molecule has 4 nitrogen and oxygen atoms in total. The average molecular weight is 168 g/mol. The average Bonchev–Trinajstić information content (AvgIpc) is 2.03. The van der Waals surface area contributed by atoms with Gasteiger partial charge in [-0.1, -0.05) is 6.58 Å². The molecule has 0 unspecified atom stereocenters. The number of methoxy groups -OCH3 is 1. The summed E-state index contributed by atoms with van der Waals surface area (Å²) in [5.74, 6) is 0.328. The molecule has 0 heterocycles. The Morgan fingerprint density at radius 2 is 2.33 bits per heavy atom. The quantitative estimate of drug-likeness (QED) is 0.499. The van der Waals surface area contributed by atoms with Crippen LogP contribution in [0.1, 0.15) is 6.92 Å². The molecule has 0 aliphatic carbocycles. The summed E-state index contributed by atoms with van der Waals surface area (Å²) in [6.45, 7) is 4.93. The van der Waals surface area contributed by atoms with Gasteiger partial charge in [-0.2, -0.15) is 0 Å². The number of rotatable bonds is 4. The lowest BCUT2D eigenvalue weighted by Crippen LogP contribution is -2.10. The monoisotopic (exact) mass is 168 g/mol. The van der Waals surface area contributed by atoms with Crippen molar-refractivity contribution in [1.82, 2.24) is 5.32 Å². The predicted molar refractivity (Wildman–Crippen MR) is 47.6 cm³/mol. The number of allylic oxidation sites excluding steroid dienone is 1. The number of hydrogen-bond acceptors (Lipinski definition) is 3. The van der Waals surface area contributed by atoms with Gasteiger partial charge in [0, 0.05) is 19.3 Å². The first-order chi connectivity index (χ1) is 5.66. The standard InChI is InChI=1S/C8H12N2O2/c1-7(12-3)6-9-4-5-10-8(2)11/h4-6H,1H2,2-3H3,(H,10,11)/b5-4+,9-6-. The van der Waals surface area contributed by atoms with E-state index >= 15 is 0 Å². The zero-order valence-electron chi connectivity index (χ0n) is 7.20. The van der Waals surface area contributed by atoms with Crippen LogP contribution in [0.5, 0.6) is 0 Å². The Labute approximate surface area is 71.6 Å². The van der Waals surface area contributed by atoms with Gasteiger partial charge < -0.3 is 10.1 Å². The molecule has 0 aromatic rings. The minimum absolute atomic E-state index is 0.132. The molecule has 0 saturated carbocycles. The molecule has 0 saturated heterocycles. The number of carbonyl (C=O) groups is 1. The molecule has 66 valence electrons. The van der Waals surface area contributed by atoms with Crippen molar-refractivity contribution in [3.63, 3.8) is 0 Å². The summed E-state index contributed by atoms with van der Waals surface area (Å²) < 4.78 is 4.71. The molecule has 0 bridgehead atoms. The largest absolute Gasteiger partial charge is 0.496 e. The summed E-state index contributed by atoms with van der Waals surface area (Å²) in [6.07, 6.45) is 4.31. The normalized spacial score (nSPS) is 10.5. The molecular weight excluding hydrogens is 156 g/mol. The van der Waals surface area contributed by atoms with Gasteiger partial charge in [0.15, 0.2) is 0 Å². The third kappa shape index (κ3) is 6.54. The van der Waals surface area contributed by atoms with Crippen LogP contribution in [0.4, 0.5) is 0 Å². The molecule has 0 radical (unpaired) electrons. The lowest BCUT2D eigenvalue weighted by atomic mass is 10.6. The Hall–Kier alpha value is -1.58. The second-order valence-electron chi connectivity index (χ2n) is 1.96. The maximum absolute atomic E-state index is 10.3. The fourth-order valence-electron chi connectivity index (χ4n) is 0.377. The Kier molecular flexibility index (Phi) is 5.34. The highest BCUT2D eigenvalue weighted by atomic mass is 16.5. The van der Waals surface area contributed by atoms with Crippen LogP contribution in [0.25, 0.3) is 0 Å². The fraction of sp³-hybridized carbons (Fsp3) is 0.250. The lowest BCUT2D eigenvalue weighted by molar-refractivity contribution is -0.118. The van der Waals surface area contributed by atoms with Crippen LogP contribution in [-0.4, -0.2) is 19.2 Å². The van der Waals surface area contributed by atoms with Crippen molar-refractivity contribution < 1.29 is 9.53 Å². The van der Waals surface area contributed by atoms with Crippen LogP contribution in [-0.2, 0) is 9.53 Å². The lowest BCUT2D eigenvalue weighted by Gasteiger charge is -1.92. The number of hydrogen-bond donors (Lipinski definition) is 1. The molecule has 0 fully saturated rings. The van der Waals surface area contributed by atoms with Crippen molar-refractivity contribution >= 4 is 12.1 Å². The highest BCUT2D eigenvalue weighted by molar-refractivity contribution is 5.76. The molecule has 0 aromatic heterocycles. The van der Waals surface area contributed by atoms with Gasteiger partial charge in [0.2, 0.25) is 5.91 Å². The molecule has 0 spiro atoms. The predicted octanol–water partition coefficient (Wildman–Crippen LogP) is 0.825. The van der Waals surface area contributed by atoms with Crippen LogP contribution in [0.2, 0.25) is 0 Å². The van der Waals surface area contributed by atoms with Crippen molar-refractivity contribution in [3.05, 3.63) is 24.7 Å². The van der Waals surface area contributed by atoms with Gasteiger partial charge in [-0.05, 0) is 0 Å². The van der Waals surface area contributed by atoms with E-state index in [0.29, 0.717) is 5.76 Å². The van der Waals surface area contributed by atoms with Crippen LogP contribution in [0.3, 0.4) is 0 Å². The summed E-state index contributed by atoms with van der Waals surface area (Å²) >= 11 is 0. The van der Waals surface area contributed by atoms with Crippen LogP contribution in [0, 0.1) is 0 Å². The molecule has 0 aliphatic rings. The number of aliphatic imine (C=N–C) groups is 1. The fourth-order valence-corrected chi connectivity index (χ4v) is 0.377. The van der Waals surface area contributed by atoms with Crippen molar-refractivity contribution in [2.24, 2.45) is 4.99 Å². The molecule has 4 heteroatoms. The zero-order valence-corrected chi connectivity index (χ0v) is 7.20. The zero-order chi connectivity index (χ0) is 9.40. The Morgan fingerprint density at radius 3 is 2.83 bits per heavy atom. The van der Waals surface area contributed by atoms with E-state index in [1.807, 2.05) is 0 Å². The molecule has 1 amide bonds. The first-order valence-electron chi connectivity index (χ1n) is 3.35. The molecular formula is C8H12N2O2. The second kappa shape index (κ2) is 6.15. The third-order valence-corrected chi connectivity index (χ3v) is 0.928. The summed E-state index contributed by atoms with van der Waals surface area (Å²) in [5, 5.41) is 2.43. The Morgan fingerprint density at radius 1 is 1.67 bits per heavy atom. The van der Waals surface area contributed by atoms with E-state index in [9.17, 15) is 4.79 Å². The highest BCUT2D eigenvalue weighted by Gasteiger charge is 1.81. The maximum atomic E-state index is 10.3. The Balaban J connectivity index is 3.66. The van der Waals surface area contributed by atoms with Crippen molar-refractivity contribution in [2.75, 3.05) is 7.11 Å². The first-order valence-corrected chi connectivity index (χ1v) is 3.35. The number of amides is 1. The molecule has 0 rings (SSSR count). The van der Waals surface area contributed by atoms with Crippen LogP contribution < -0.4 is 5.32 Å². The first kappa shape index (κ1) is 10.4. The summed E-state index contributed by atoms with van der Waals surface area (Å²) in [4.78, 5) is 14.1. The van der Waals surface area contributed by atoms with Gasteiger partial charge in [0.1, 0.15) is 5.76 Å². The van der Waals surface area contributed by atoms with E-state index in [-0.39, 0.29) is 5.91 Å². The summed E-state index contributed by atoms with van der Waals surface area (Å²) in [7, 11) is 1.51. The van der Waals surface area contributed by atoms with Crippen LogP contribution >= 0.6 is 0 Å². The molecule has 1 N–H and O–H groups in total. The van der Waals surface area contributed by atoms with E-state index in [1.165, 1.54) is 32.6 Å². The smallest absolute Gasteiger partial charge is 0.220 e. The van der Waals surface area contributed by atoms with E-state index in [4.69, 9.17) is 4.74 Å². The van der Waals surface area contributed by atoms with Crippen molar-refractivity contribution in [1.29, 1.82) is 0 Å². The van der Waals surface area contributed by atoms with Gasteiger partial charge in [-0.3, -0.25) is 9.79 Å². The SMILES string of the molecule is C=C(/C=N\C=C\NC(C)=O)OC. The number of ether oxygens (including phenoxy) is 1. The van der Waals surface area contributed by atoms with E-state index in [2.05, 4.69) is 16.9 Å². The molecule has 0 aliphatic heterocycles. The van der Waals surface area contributed by atoms with Gasteiger partial charge in [0.25, 0.3) is 0 Å². The van der Waals surface area contributed by atoms with Gasteiger partial charge in [-0.25, -0.2) is 0 Å². The maximum Gasteiger partial charge on any atom is 0.220 e. The number of nitrogens with one attached hydrogen (secondary N) is 1. The highest BCUT2D eigenvalue weighted by Crippen LogP contribution is 1.84. The van der Waals surface area contributed by atoms with E-state index < -0.39 is 0 Å². The van der Waals surface area contributed by atoms with Gasteiger partial charge in [-0.15, -0.1) is 0 Å². The number of nitrogens with zero attached hydrogens (tertiary/aromatic N) is 1. The molecule has 0 atom stereocenters. The molecule has 0 aromatic carbocycles. The minimum atomic E-state index is -0.132. The summed E-state index contributed by atoms with van der Waals surface area (Å²) in [6, 6.07) is 0. The second-order valence-corrected chi connectivity index (χ2v) is 1.96. The van der Waals surface area contributed by atoms with Crippen molar-refractivity contribution in [3.8, 4) is 0 Å².